The van der Waals surface area contributed by atoms with E-state index in [1.165, 1.54) is 18.2 Å². The number of hydrogen-bond acceptors (Lipinski definition) is 3. The number of hydrogen-bond donors (Lipinski definition) is 3. The van der Waals surface area contributed by atoms with E-state index in [9.17, 15) is 14.7 Å². The SMILES string of the molecule is O=C(NNC(=O)C1(c2cccc(Cl)c2)CC1)c1cc(Cl)ccc1O. The van der Waals surface area contributed by atoms with Crippen LogP contribution in [-0.4, -0.2) is 16.9 Å². The fourth-order valence-corrected chi connectivity index (χ4v) is 2.91. The molecule has 24 heavy (non-hydrogen) atoms. The van der Waals surface area contributed by atoms with Gasteiger partial charge in [-0.15, -0.1) is 0 Å². The molecule has 5 nitrogen and oxygen atoms in total. The number of halogens is 2. The maximum absolute atomic E-state index is 12.5. The largest absolute Gasteiger partial charge is 0.507 e. The average molecular weight is 365 g/mol. The first-order valence-electron chi connectivity index (χ1n) is 7.28. The summed E-state index contributed by atoms with van der Waals surface area (Å²) >= 11 is 11.8. The Kier molecular flexibility index (Phi) is 4.39. The zero-order valence-electron chi connectivity index (χ0n) is 12.5. The van der Waals surface area contributed by atoms with E-state index < -0.39 is 11.3 Å². The van der Waals surface area contributed by atoms with Crippen molar-refractivity contribution in [1.82, 2.24) is 10.9 Å². The Balaban J connectivity index is 1.70. The molecule has 1 saturated carbocycles. The monoisotopic (exact) mass is 364 g/mol. The summed E-state index contributed by atoms with van der Waals surface area (Å²) in [7, 11) is 0. The standard InChI is InChI=1S/C17H14Cl2N2O3/c18-11-3-1-2-10(8-11)17(6-7-17)16(24)21-20-15(23)13-9-12(19)4-5-14(13)22/h1-5,8-9,22H,6-7H2,(H,20,23)(H,21,24). The van der Waals surface area contributed by atoms with E-state index in [2.05, 4.69) is 10.9 Å². The fraction of sp³-hybridized carbons (Fsp3) is 0.176. The lowest BCUT2D eigenvalue weighted by molar-refractivity contribution is -0.124. The molecule has 7 heteroatoms. The molecule has 0 heterocycles. The smallest absolute Gasteiger partial charge is 0.273 e. The molecule has 0 unspecified atom stereocenters. The van der Waals surface area contributed by atoms with Gasteiger partial charge in [0.25, 0.3) is 5.91 Å². The molecule has 0 radical (unpaired) electrons. The van der Waals surface area contributed by atoms with Crippen molar-refractivity contribution in [2.75, 3.05) is 0 Å². The van der Waals surface area contributed by atoms with Crippen LogP contribution in [0.1, 0.15) is 28.8 Å². The summed E-state index contributed by atoms with van der Waals surface area (Å²) in [5.41, 5.74) is 4.84. The predicted molar refractivity (Wildman–Crippen MR) is 91.1 cm³/mol. The number of rotatable bonds is 3. The molecule has 0 aromatic heterocycles. The van der Waals surface area contributed by atoms with Gasteiger partial charge in [-0.2, -0.15) is 0 Å². The Morgan fingerprint density at radius 3 is 2.38 bits per heavy atom. The number of hydrazine groups is 1. The molecular weight excluding hydrogens is 351 g/mol. The van der Waals surface area contributed by atoms with Crippen LogP contribution >= 0.6 is 23.2 Å². The van der Waals surface area contributed by atoms with Gasteiger partial charge in [0.15, 0.2) is 0 Å². The van der Waals surface area contributed by atoms with Crippen LogP contribution < -0.4 is 10.9 Å². The van der Waals surface area contributed by atoms with Crippen molar-refractivity contribution in [3.8, 4) is 5.75 Å². The second kappa shape index (κ2) is 6.34. The van der Waals surface area contributed by atoms with Gasteiger partial charge < -0.3 is 5.11 Å². The number of carbonyl (C=O) groups excluding carboxylic acids is 2. The first-order chi connectivity index (χ1) is 11.4. The number of phenols is 1. The molecule has 3 rings (SSSR count). The van der Waals surface area contributed by atoms with Crippen molar-refractivity contribution in [2.24, 2.45) is 0 Å². The molecule has 124 valence electrons. The quantitative estimate of drug-likeness (QED) is 0.731. The first kappa shape index (κ1) is 16.6. The summed E-state index contributed by atoms with van der Waals surface area (Å²) in [6.45, 7) is 0. The molecule has 3 N–H and O–H groups in total. The minimum Gasteiger partial charge on any atom is -0.507 e. The van der Waals surface area contributed by atoms with Crippen LogP contribution in [0, 0.1) is 0 Å². The van der Waals surface area contributed by atoms with Gasteiger partial charge in [-0.25, -0.2) is 0 Å². The highest BCUT2D eigenvalue weighted by Gasteiger charge is 2.51. The topological polar surface area (TPSA) is 78.4 Å². The Labute approximate surface area is 148 Å². The van der Waals surface area contributed by atoms with Crippen LogP contribution in [0.4, 0.5) is 0 Å². The highest BCUT2D eigenvalue weighted by Crippen LogP contribution is 2.48. The lowest BCUT2D eigenvalue weighted by Gasteiger charge is -2.16. The van der Waals surface area contributed by atoms with Gasteiger partial charge in [-0.05, 0) is 48.7 Å². The van der Waals surface area contributed by atoms with Crippen LogP contribution in [0.3, 0.4) is 0 Å². The Morgan fingerprint density at radius 1 is 1.00 bits per heavy atom. The first-order valence-corrected chi connectivity index (χ1v) is 8.03. The lowest BCUT2D eigenvalue weighted by atomic mass is 9.95. The number of carbonyl (C=O) groups is 2. The van der Waals surface area contributed by atoms with E-state index in [0.717, 1.165) is 5.56 Å². The minimum atomic E-state index is -0.672. The molecule has 1 aliphatic rings. The van der Waals surface area contributed by atoms with Crippen molar-refractivity contribution in [3.63, 3.8) is 0 Å². The van der Waals surface area contributed by atoms with Gasteiger partial charge in [-0.1, -0.05) is 35.3 Å². The van der Waals surface area contributed by atoms with E-state index in [4.69, 9.17) is 23.2 Å². The van der Waals surface area contributed by atoms with Crippen molar-refractivity contribution >= 4 is 35.0 Å². The minimum absolute atomic E-state index is 0.0181. The van der Waals surface area contributed by atoms with E-state index in [0.29, 0.717) is 22.9 Å². The van der Waals surface area contributed by atoms with E-state index in [1.54, 1.807) is 18.2 Å². The number of benzene rings is 2. The summed E-state index contributed by atoms with van der Waals surface area (Å²) < 4.78 is 0. The molecule has 0 atom stereocenters. The van der Waals surface area contributed by atoms with Gasteiger partial charge in [0.05, 0.1) is 11.0 Å². The molecule has 0 spiro atoms. The number of nitrogens with one attached hydrogen (secondary N) is 2. The molecule has 2 amide bonds. The van der Waals surface area contributed by atoms with Crippen LogP contribution in [0.25, 0.3) is 0 Å². The number of phenolic OH excluding ortho intramolecular Hbond substituents is 1. The number of aromatic hydroxyl groups is 1. The Bertz CT molecular complexity index is 819. The Morgan fingerprint density at radius 2 is 1.71 bits per heavy atom. The van der Waals surface area contributed by atoms with Gasteiger partial charge >= 0.3 is 0 Å². The predicted octanol–water partition coefficient (Wildman–Crippen LogP) is 3.19. The number of amides is 2. The molecule has 2 aromatic rings. The van der Waals surface area contributed by atoms with E-state index >= 15 is 0 Å². The fourth-order valence-electron chi connectivity index (χ4n) is 2.55. The zero-order chi connectivity index (χ0) is 17.3. The van der Waals surface area contributed by atoms with E-state index in [1.807, 2.05) is 6.07 Å². The van der Waals surface area contributed by atoms with Gasteiger partial charge in [0, 0.05) is 10.0 Å². The molecule has 1 fully saturated rings. The normalized spacial score (nSPS) is 14.8. The Hall–Kier alpha value is -2.24. The highest BCUT2D eigenvalue weighted by molar-refractivity contribution is 6.31. The second-order valence-corrected chi connectivity index (χ2v) is 6.54. The molecule has 2 aromatic carbocycles. The highest BCUT2D eigenvalue weighted by atomic mass is 35.5. The van der Waals surface area contributed by atoms with Gasteiger partial charge in [0.1, 0.15) is 5.75 Å². The summed E-state index contributed by atoms with van der Waals surface area (Å²) in [6.07, 6.45) is 1.36. The third-order valence-corrected chi connectivity index (χ3v) is 4.52. The van der Waals surface area contributed by atoms with Crippen LogP contribution in [0.15, 0.2) is 42.5 Å². The average Bonchev–Trinajstić information content (AvgIpc) is 3.36. The molecule has 0 bridgehead atoms. The molecular formula is C17H14Cl2N2O3. The van der Waals surface area contributed by atoms with Crippen molar-refractivity contribution in [1.29, 1.82) is 0 Å². The third-order valence-electron chi connectivity index (χ3n) is 4.05. The molecule has 0 aliphatic heterocycles. The van der Waals surface area contributed by atoms with Crippen molar-refractivity contribution < 1.29 is 14.7 Å². The maximum Gasteiger partial charge on any atom is 0.273 e. The maximum atomic E-state index is 12.5. The summed E-state index contributed by atoms with van der Waals surface area (Å²) in [5.74, 6) is -1.19. The van der Waals surface area contributed by atoms with Gasteiger partial charge in [-0.3, -0.25) is 20.4 Å². The van der Waals surface area contributed by atoms with Crippen LogP contribution in [-0.2, 0) is 10.2 Å². The zero-order valence-corrected chi connectivity index (χ0v) is 14.0. The lowest BCUT2D eigenvalue weighted by Crippen LogP contribution is -2.46. The van der Waals surface area contributed by atoms with Crippen molar-refractivity contribution in [2.45, 2.75) is 18.3 Å². The molecule has 0 saturated heterocycles. The third kappa shape index (κ3) is 3.18. The van der Waals surface area contributed by atoms with Crippen LogP contribution in [0.5, 0.6) is 5.75 Å². The van der Waals surface area contributed by atoms with Crippen LogP contribution in [0.2, 0.25) is 10.0 Å². The summed E-state index contributed by atoms with van der Waals surface area (Å²) in [5, 5.41) is 10.6. The summed E-state index contributed by atoms with van der Waals surface area (Å²) in [6, 6.07) is 11.2. The summed E-state index contributed by atoms with van der Waals surface area (Å²) in [4.78, 5) is 24.6. The van der Waals surface area contributed by atoms with Crippen molar-refractivity contribution in [3.05, 3.63) is 63.6 Å². The van der Waals surface area contributed by atoms with Gasteiger partial charge in [0.2, 0.25) is 5.91 Å². The van der Waals surface area contributed by atoms with E-state index in [-0.39, 0.29) is 17.2 Å². The molecule has 1 aliphatic carbocycles. The second-order valence-electron chi connectivity index (χ2n) is 5.66.